The van der Waals surface area contributed by atoms with Crippen LogP contribution in [0.15, 0.2) is 0 Å². The Morgan fingerprint density at radius 3 is 3.06 bits per heavy atom. The lowest BCUT2D eigenvalue weighted by Crippen LogP contribution is -2.38. The van der Waals surface area contributed by atoms with Gasteiger partial charge in [-0.3, -0.25) is 4.90 Å². The largest absolute Gasteiger partial charge is 0.374 e. The highest BCUT2D eigenvalue weighted by Gasteiger charge is 2.22. The molecule has 1 aromatic rings. The van der Waals surface area contributed by atoms with E-state index in [1.54, 1.807) is 0 Å². The van der Waals surface area contributed by atoms with Crippen molar-refractivity contribution in [2.75, 3.05) is 18.4 Å². The van der Waals surface area contributed by atoms with E-state index < -0.39 is 0 Å². The quantitative estimate of drug-likeness (QED) is 0.877. The lowest BCUT2D eigenvalue weighted by Gasteiger charge is -2.34. The number of aromatic nitrogens is 2. The van der Waals surface area contributed by atoms with Gasteiger partial charge in [-0.15, -0.1) is 5.10 Å². The summed E-state index contributed by atoms with van der Waals surface area (Å²) in [4.78, 5) is 2.57. The smallest absolute Gasteiger partial charge is 0.134 e. The summed E-state index contributed by atoms with van der Waals surface area (Å²) in [7, 11) is 0. The Morgan fingerprint density at radius 2 is 2.29 bits per heavy atom. The number of hydrogen-bond donors (Lipinski definition) is 1. The second-order valence-corrected chi connectivity index (χ2v) is 5.36. The molecule has 0 aliphatic carbocycles. The molecule has 17 heavy (non-hydrogen) atoms. The second-order valence-electron chi connectivity index (χ2n) is 4.61. The van der Waals surface area contributed by atoms with Crippen LogP contribution in [0.3, 0.4) is 0 Å². The van der Waals surface area contributed by atoms with E-state index in [0.717, 1.165) is 29.8 Å². The van der Waals surface area contributed by atoms with Gasteiger partial charge < -0.3 is 5.32 Å². The van der Waals surface area contributed by atoms with Gasteiger partial charge in [0.1, 0.15) is 10.7 Å². The third kappa shape index (κ3) is 3.16. The Morgan fingerprint density at radius 1 is 1.41 bits per heavy atom. The van der Waals surface area contributed by atoms with Gasteiger partial charge in [0, 0.05) is 30.7 Å². The van der Waals surface area contributed by atoms with Crippen molar-refractivity contribution in [1.29, 1.82) is 0 Å². The van der Waals surface area contributed by atoms with E-state index in [2.05, 4.69) is 33.7 Å². The van der Waals surface area contributed by atoms with Crippen LogP contribution in [0.1, 0.15) is 45.2 Å². The molecule has 4 nitrogen and oxygen atoms in total. The molecule has 1 aliphatic heterocycles. The Labute approximate surface area is 108 Å². The Balaban J connectivity index is 2.00. The summed E-state index contributed by atoms with van der Waals surface area (Å²) in [6.07, 6.45) is 5.29. The topological polar surface area (TPSA) is 41.1 Å². The zero-order valence-corrected chi connectivity index (χ0v) is 11.6. The molecule has 2 rings (SSSR count). The average Bonchev–Trinajstić information content (AvgIpc) is 2.78. The predicted molar refractivity (Wildman–Crippen MR) is 72.4 cm³/mol. The summed E-state index contributed by atoms with van der Waals surface area (Å²) in [6.45, 7) is 7.50. The van der Waals surface area contributed by atoms with Crippen LogP contribution in [0, 0.1) is 0 Å². The Kier molecular flexibility index (Phi) is 4.74. The maximum atomic E-state index is 4.26. The molecular weight excluding hydrogens is 232 g/mol. The molecule has 1 N–H and O–H groups in total. The monoisotopic (exact) mass is 254 g/mol. The fourth-order valence-electron chi connectivity index (χ4n) is 2.53. The molecule has 2 heterocycles. The van der Waals surface area contributed by atoms with Gasteiger partial charge in [0.15, 0.2) is 0 Å². The molecule has 0 bridgehead atoms. The fraction of sp³-hybridized carbons (Fsp3) is 0.833. The fourth-order valence-corrected chi connectivity index (χ4v) is 3.17. The summed E-state index contributed by atoms with van der Waals surface area (Å²) >= 11 is 1.47. The highest BCUT2D eigenvalue weighted by molar-refractivity contribution is 7.10. The summed E-state index contributed by atoms with van der Waals surface area (Å²) in [6, 6.07) is 0.736. The number of piperidine rings is 1. The lowest BCUT2D eigenvalue weighted by molar-refractivity contribution is 0.134. The van der Waals surface area contributed by atoms with Gasteiger partial charge in [-0.25, -0.2) is 0 Å². The van der Waals surface area contributed by atoms with E-state index >= 15 is 0 Å². The first-order chi connectivity index (χ1) is 8.35. The summed E-state index contributed by atoms with van der Waals surface area (Å²) in [5, 5.41) is 8.75. The van der Waals surface area contributed by atoms with E-state index in [0.29, 0.717) is 0 Å². The van der Waals surface area contributed by atoms with Crippen LogP contribution in [0.25, 0.3) is 0 Å². The minimum Gasteiger partial charge on any atom is -0.374 e. The van der Waals surface area contributed by atoms with Crippen molar-refractivity contribution in [3.63, 3.8) is 0 Å². The summed E-state index contributed by atoms with van der Waals surface area (Å²) < 4.78 is 4.06. The van der Waals surface area contributed by atoms with Crippen LogP contribution in [0.5, 0.6) is 0 Å². The minimum atomic E-state index is 0.736. The molecule has 0 saturated carbocycles. The minimum absolute atomic E-state index is 0.736. The molecule has 1 atom stereocenters. The average molecular weight is 254 g/mol. The van der Waals surface area contributed by atoms with Crippen molar-refractivity contribution in [3.05, 3.63) is 5.69 Å². The van der Waals surface area contributed by atoms with E-state index in [9.17, 15) is 0 Å². The van der Waals surface area contributed by atoms with Crippen molar-refractivity contribution in [2.24, 2.45) is 0 Å². The van der Waals surface area contributed by atoms with Gasteiger partial charge in [-0.1, -0.05) is 17.8 Å². The normalized spacial score (nSPS) is 21.6. The lowest BCUT2D eigenvalue weighted by atomic mass is 10.00. The van der Waals surface area contributed by atoms with Crippen molar-refractivity contribution in [2.45, 2.75) is 52.1 Å². The predicted octanol–water partition coefficient (Wildman–Crippen LogP) is 2.73. The summed E-state index contributed by atoms with van der Waals surface area (Å²) in [5.74, 6) is 0. The third-order valence-corrected chi connectivity index (χ3v) is 4.19. The summed E-state index contributed by atoms with van der Waals surface area (Å²) in [5.41, 5.74) is 1.12. The van der Waals surface area contributed by atoms with E-state index in [1.165, 1.54) is 43.8 Å². The maximum absolute atomic E-state index is 4.26. The van der Waals surface area contributed by atoms with Crippen LogP contribution < -0.4 is 5.32 Å². The highest BCUT2D eigenvalue weighted by Crippen LogP contribution is 2.25. The van der Waals surface area contributed by atoms with Gasteiger partial charge in [0.25, 0.3) is 0 Å². The highest BCUT2D eigenvalue weighted by atomic mass is 32.1. The van der Waals surface area contributed by atoms with Crippen LogP contribution in [-0.2, 0) is 6.54 Å². The van der Waals surface area contributed by atoms with Gasteiger partial charge in [0.05, 0.1) is 0 Å². The molecule has 0 radical (unpaired) electrons. The molecule has 1 unspecified atom stereocenters. The first kappa shape index (κ1) is 12.8. The molecule has 0 spiro atoms. The number of nitrogens with one attached hydrogen (secondary N) is 1. The number of anilines is 1. The van der Waals surface area contributed by atoms with Crippen LogP contribution in [0.2, 0.25) is 0 Å². The molecule has 0 aromatic carbocycles. The first-order valence-electron chi connectivity index (χ1n) is 6.64. The van der Waals surface area contributed by atoms with Crippen LogP contribution in [0.4, 0.5) is 5.00 Å². The zero-order valence-electron chi connectivity index (χ0n) is 10.8. The number of nitrogens with zero attached hydrogens (tertiary/aromatic N) is 3. The molecule has 1 saturated heterocycles. The maximum Gasteiger partial charge on any atom is 0.134 e. The Bertz CT molecular complexity index is 339. The molecule has 1 aliphatic rings. The van der Waals surface area contributed by atoms with Crippen molar-refractivity contribution >= 4 is 16.5 Å². The zero-order chi connectivity index (χ0) is 12.1. The van der Waals surface area contributed by atoms with E-state index in [1.807, 2.05) is 0 Å². The van der Waals surface area contributed by atoms with Gasteiger partial charge in [0.2, 0.25) is 0 Å². The number of rotatable bonds is 5. The van der Waals surface area contributed by atoms with E-state index in [4.69, 9.17) is 0 Å². The second kappa shape index (κ2) is 6.31. The molecule has 1 fully saturated rings. The SMILES string of the molecule is CCNc1snnc1CN1CCCCC1CC. The standard InChI is InChI=1S/C12H22N4S/c1-3-10-7-5-6-8-16(10)9-11-12(13-4-2)17-15-14-11/h10,13H,3-9H2,1-2H3. The molecule has 0 amide bonds. The number of hydrogen-bond acceptors (Lipinski definition) is 5. The third-order valence-electron chi connectivity index (χ3n) is 3.47. The van der Waals surface area contributed by atoms with Gasteiger partial charge >= 0.3 is 0 Å². The van der Waals surface area contributed by atoms with Crippen LogP contribution in [-0.4, -0.2) is 33.6 Å². The van der Waals surface area contributed by atoms with Crippen molar-refractivity contribution in [1.82, 2.24) is 14.5 Å². The molecule has 5 heteroatoms. The van der Waals surface area contributed by atoms with E-state index in [-0.39, 0.29) is 0 Å². The molecular formula is C12H22N4S. The van der Waals surface area contributed by atoms with Gasteiger partial charge in [-0.05, 0) is 32.7 Å². The van der Waals surface area contributed by atoms with Crippen molar-refractivity contribution < 1.29 is 0 Å². The van der Waals surface area contributed by atoms with Crippen molar-refractivity contribution in [3.8, 4) is 0 Å². The molecule has 1 aromatic heterocycles. The van der Waals surface area contributed by atoms with Gasteiger partial charge in [-0.2, -0.15) is 0 Å². The van der Waals surface area contributed by atoms with Crippen LogP contribution >= 0.6 is 11.5 Å². The molecule has 96 valence electrons. The Hall–Kier alpha value is -0.680. The number of likely N-dealkylation sites (tertiary alicyclic amines) is 1. The first-order valence-corrected chi connectivity index (χ1v) is 7.41.